The second-order valence-electron chi connectivity index (χ2n) is 6.41. The van der Waals surface area contributed by atoms with Crippen LogP contribution in [-0.2, 0) is 6.54 Å². The first-order valence-corrected chi connectivity index (χ1v) is 8.46. The van der Waals surface area contributed by atoms with Crippen molar-refractivity contribution in [3.63, 3.8) is 0 Å². The Morgan fingerprint density at radius 2 is 2.12 bits per heavy atom. The van der Waals surface area contributed by atoms with Gasteiger partial charge >= 0.3 is 0 Å². The molecule has 5 nitrogen and oxygen atoms in total. The smallest absolute Gasteiger partial charge is 0.255 e. The van der Waals surface area contributed by atoms with Gasteiger partial charge in [-0.15, -0.1) is 0 Å². The van der Waals surface area contributed by atoms with E-state index >= 15 is 0 Å². The van der Waals surface area contributed by atoms with Crippen LogP contribution >= 0.6 is 0 Å². The van der Waals surface area contributed by atoms with Gasteiger partial charge in [-0.2, -0.15) is 0 Å². The lowest BCUT2D eigenvalue weighted by atomic mass is 10.0. The number of nitrogens with one attached hydrogen (secondary N) is 1. The molecule has 3 rings (SSSR count). The van der Waals surface area contributed by atoms with Crippen LogP contribution in [0.1, 0.15) is 34.5 Å². The summed E-state index contributed by atoms with van der Waals surface area (Å²) in [5, 5.41) is 3.07. The summed E-state index contributed by atoms with van der Waals surface area (Å²) >= 11 is 0. The van der Waals surface area contributed by atoms with Gasteiger partial charge in [-0.1, -0.05) is 0 Å². The van der Waals surface area contributed by atoms with Gasteiger partial charge in [-0.25, -0.2) is 4.39 Å². The highest BCUT2D eigenvalue weighted by Crippen LogP contribution is 2.20. The van der Waals surface area contributed by atoms with Gasteiger partial charge in [0.25, 0.3) is 5.91 Å². The Hall–Kier alpha value is -2.34. The number of amides is 1. The molecule has 1 aliphatic rings. The van der Waals surface area contributed by atoms with Crippen molar-refractivity contribution in [2.75, 3.05) is 20.2 Å². The number of aryl methyl sites for hydroxylation is 1. The standard InChI is InChI=1S/C19H23FN2O3/c1-13-18(5-8-25-13)19(23)21-16-3-6-22(7-4-16)12-14-9-15(20)11-17(10-14)24-2/h5,8-11,16H,3-4,6-7,12H2,1-2H3,(H,21,23). The van der Waals surface area contributed by atoms with Crippen LogP contribution in [-0.4, -0.2) is 37.0 Å². The first-order chi connectivity index (χ1) is 12.0. The average Bonchev–Trinajstić information content (AvgIpc) is 3.02. The number of nitrogens with zero attached hydrogens (tertiary/aromatic N) is 1. The molecule has 1 aliphatic heterocycles. The second kappa shape index (κ2) is 7.70. The third kappa shape index (κ3) is 4.39. The Balaban J connectivity index is 1.51. The van der Waals surface area contributed by atoms with E-state index in [2.05, 4.69) is 10.2 Å². The summed E-state index contributed by atoms with van der Waals surface area (Å²) in [6.07, 6.45) is 3.27. The van der Waals surface area contributed by atoms with Crippen LogP contribution in [0, 0.1) is 12.7 Å². The number of benzene rings is 1. The number of hydrogen-bond acceptors (Lipinski definition) is 4. The number of ether oxygens (including phenoxy) is 1. The lowest BCUT2D eigenvalue weighted by Crippen LogP contribution is -2.44. The lowest BCUT2D eigenvalue weighted by Gasteiger charge is -2.32. The van der Waals surface area contributed by atoms with Crippen LogP contribution < -0.4 is 10.1 Å². The molecule has 134 valence electrons. The van der Waals surface area contributed by atoms with Gasteiger partial charge < -0.3 is 14.5 Å². The number of likely N-dealkylation sites (tertiary alicyclic amines) is 1. The fourth-order valence-corrected chi connectivity index (χ4v) is 3.21. The molecule has 0 aliphatic carbocycles. The van der Waals surface area contributed by atoms with E-state index in [4.69, 9.17) is 9.15 Å². The zero-order valence-corrected chi connectivity index (χ0v) is 14.5. The van der Waals surface area contributed by atoms with Gasteiger partial charge in [0, 0.05) is 31.7 Å². The van der Waals surface area contributed by atoms with E-state index in [1.54, 1.807) is 13.0 Å². The van der Waals surface area contributed by atoms with Crippen molar-refractivity contribution < 1.29 is 18.3 Å². The van der Waals surface area contributed by atoms with Crippen molar-refractivity contribution >= 4 is 5.91 Å². The number of furan rings is 1. The molecule has 2 aromatic rings. The van der Waals surface area contributed by atoms with Crippen molar-refractivity contribution in [3.8, 4) is 5.75 Å². The van der Waals surface area contributed by atoms with E-state index in [1.165, 1.54) is 25.5 Å². The van der Waals surface area contributed by atoms with Gasteiger partial charge in [0.15, 0.2) is 0 Å². The third-order valence-electron chi connectivity index (χ3n) is 4.60. The topological polar surface area (TPSA) is 54.7 Å². The number of methoxy groups -OCH3 is 1. The van der Waals surface area contributed by atoms with E-state index < -0.39 is 0 Å². The van der Waals surface area contributed by atoms with Gasteiger partial charge in [-0.05, 0) is 43.5 Å². The maximum Gasteiger partial charge on any atom is 0.255 e. The Morgan fingerprint density at radius 3 is 2.76 bits per heavy atom. The van der Waals surface area contributed by atoms with E-state index in [1.807, 2.05) is 6.07 Å². The SMILES string of the molecule is COc1cc(F)cc(CN2CCC(NC(=O)c3ccoc3C)CC2)c1. The molecular formula is C19H23FN2O3. The van der Waals surface area contributed by atoms with Gasteiger partial charge in [0.2, 0.25) is 0 Å². The summed E-state index contributed by atoms with van der Waals surface area (Å²) in [5.74, 6) is 0.800. The number of carbonyl (C=O) groups is 1. The minimum Gasteiger partial charge on any atom is -0.497 e. The summed E-state index contributed by atoms with van der Waals surface area (Å²) in [7, 11) is 1.54. The molecule has 0 spiro atoms. The monoisotopic (exact) mass is 346 g/mol. The maximum absolute atomic E-state index is 13.6. The van der Waals surface area contributed by atoms with Crippen molar-refractivity contribution in [1.29, 1.82) is 0 Å². The molecule has 2 heterocycles. The van der Waals surface area contributed by atoms with E-state index in [0.717, 1.165) is 31.5 Å². The normalized spacial score (nSPS) is 16.0. The molecule has 1 saturated heterocycles. The van der Waals surface area contributed by atoms with Crippen LogP contribution in [0.25, 0.3) is 0 Å². The lowest BCUT2D eigenvalue weighted by molar-refractivity contribution is 0.0907. The Bertz CT molecular complexity index is 736. The minimum absolute atomic E-state index is 0.0837. The summed E-state index contributed by atoms with van der Waals surface area (Å²) in [6, 6.07) is 6.62. The first-order valence-electron chi connectivity index (χ1n) is 8.46. The average molecular weight is 346 g/mol. The molecular weight excluding hydrogens is 323 g/mol. The van der Waals surface area contributed by atoms with Crippen LogP contribution in [0.2, 0.25) is 0 Å². The summed E-state index contributed by atoms with van der Waals surface area (Å²) < 4.78 is 23.9. The summed E-state index contributed by atoms with van der Waals surface area (Å²) in [5.41, 5.74) is 1.49. The molecule has 0 unspecified atom stereocenters. The van der Waals surface area contributed by atoms with Gasteiger partial charge in [0.1, 0.15) is 17.3 Å². The molecule has 6 heteroatoms. The zero-order valence-electron chi connectivity index (χ0n) is 14.5. The Labute approximate surface area is 146 Å². The van der Waals surface area contributed by atoms with Crippen LogP contribution in [0.15, 0.2) is 34.9 Å². The Kier molecular flexibility index (Phi) is 5.38. The molecule has 25 heavy (non-hydrogen) atoms. The number of hydrogen-bond donors (Lipinski definition) is 1. The molecule has 0 radical (unpaired) electrons. The van der Waals surface area contributed by atoms with E-state index in [9.17, 15) is 9.18 Å². The quantitative estimate of drug-likeness (QED) is 0.904. The molecule has 1 fully saturated rings. The van der Waals surface area contributed by atoms with Crippen molar-refractivity contribution in [3.05, 3.63) is 53.2 Å². The molecule has 0 saturated carbocycles. The molecule has 1 amide bonds. The number of rotatable bonds is 5. The van der Waals surface area contributed by atoms with Gasteiger partial charge in [0.05, 0.1) is 18.9 Å². The largest absolute Gasteiger partial charge is 0.497 e. The molecule has 0 atom stereocenters. The summed E-state index contributed by atoms with van der Waals surface area (Å²) in [4.78, 5) is 14.5. The predicted octanol–water partition coefficient (Wildman–Crippen LogP) is 3.13. The first kappa shape index (κ1) is 17.5. The maximum atomic E-state index is 13.6. The molecule has 1 aromatic heterocycles. The number of piperidine rings is 1. The van der Waals surface area contributed by atoms with Crippen molar-refractivity contribution in [2.24, 2.45) is 0 Å². The predicted molar refractivity (Wildman–Crippen MR) is 92.2 cm³/mol. The van der Waals surface area contributed by atoms with E-state index in [-0.39, 0.29) is 17.8 Å². The third-order valence-corrected chi connectivity index (χ3v) is 4.60. The minimum atomic E-state index is -0.285. The van der Waals surface area contributed by atoms with Crippen LogP contribution in [0.5, 0.6) is 5.75 Å². The number of carbonyl (C=O) groups excluding carboxylic acids is 1. The molecule has 1 aromatic carbocycles. The molecule has 1 N–H and O–H groups in total. The highest BCUT2D eigenvalue weighted by atomic mass is 19.1. The van der Waals surface area contributed by atoms with Crippen molar-refractivity contribution in [1.82, 2.24) is 10.2 Å². The highest BCUT2D eigenvalue weighted by Gasteiger charge is 2.22. The van der Waals surface area contributed by atoms with Gasteiger partial charge in [-0.3, -0.25) is 9.69 Å². The summed E-state index contributed by atoms with van der Waals surface area (Å²) in [6.45, 7) is 4.17. The number of halogens is 1. The second-order valence-corrected chi connectivity index (χ2v) is 6.41. The van der Waals surface area contributed by atoms with Crippen molar-refractivity contribution in [2.45, 2.75) is 32.4 Å². The van der Waals surface area contributed by atoms with E-state index in [0.29, 0.717) is 23.6 Å². The van der Waals surface area contributed by atoms with Crippen LogP contribution in [0.4, 0.5) is 4.39 Å². The fraction of sp³-hybridized carbons (Fsp3) is 0.421. The van der Waals surface area contributed by atoms with Crippen LogP contribution in [0.3, 0.4) is 0 Å². The molecule has 0 bridgehead atoms. The Morgan fingerprint density at radius 1 is 1.36 bits per heavy atom. The highest BCUT2D eigenvalue weighted by molar-refractivity contribution is 5.95. The zero-order chi connectivity index (χ0) is 17.8. The fourth-order valence-electron chi connectivity index (χ4n) is 3.21.